The molecule has 0 bridgehead atoms. The monoisotopic (exact) mass is 380 g/mol. The van der Waals surface area contributed by atoms with E-state index in [1.165, 1.54) is 17.8 Å². The van der Waals surface area contributed by atoms with Gasteiger partial charge in [-0.3, -0.25) is 9.59 Å². The summed E-state index contributed by atoms with van der Waals surface area (Å²) in [5.41, 5.74) is 1.60. The van der Waals surface area contributed by atoms with Crippen molar-refractivity contribution < 1.29 is 9.59 Å². The lowest BCUT2D eigenvalue weighted by atomic mass is 9.97. The molecule has 1 aliphatic rings. The second kappa shape index (κ2) is 7.31. The minimum absolute atomic E-state index is 0.0205. The van der Waals surface area contributed by atoms with Crippen molar-refractivity contribution in [3.8, 4) is 0 Å². The Balaban J connectivity index is 1.68. The average Bonchev–Trinajstić information content (AvgIpc) is 3.30. The van der Waals surface area contributed by atoms with Crippen molar-refractivity contribution in [1.82, 2.24) is 9.47 Å². The minimum atomic E-state index is 0.0205. The highest BCUT2D eigenvalue weighted by Crippen LogP contribution is 2.27. The number of hydrogen-bond acceptors (Lipinski definition) is 3. The van der Waals surface area contributed by atoms with Crippen molar-refractivity contribution >= 4 is 33.9 Å². The summed E-state index contributed by atoms with van der Waals surface area (Å²) in [6, 6.07) is 12.1. The fourth-order valence-corrected chi connectivity index (χ4v) is 4.92. The number of thiophene rings is 1. The van der Waals surface area contributed by atoms with Crippen LogP contribution in [0.15, 0.2) is 48.0 Å². The molecule has 2 aromatic heterocycles. The van der Waals surface area contributed by atoms with Crippen LogP contribution in [0.25, 0.3) is 10.9 Å². The SMILES string of the molecule is C[C@@H]1CCC[C@H](C)N1C(=O)Cn1cc(C(=O)c2cccs2)c2ccccc21. The first-order valence-corrected chi connectivity index (χ1v) is 10.4. The highest BCUT2D eigenvalue weighted by molar-refractivity contribution is 7.12. The van der Waals surface area contributed by atoms with Gasteiger partial charge in [-0.2, -0.15) is 0 Å². The van der Waals surface area contributed by atoms with Crippen LogP contribution in [0.3, 0.4) is 0 Å². The lowest BCUT2D eigenvalue weighted by Crippen LogP contribution is -2.48. The van der Waals surface area contributed by atoms with E-state index in [1.54, 1.807) is 0 Å². The molecular formula is C22H24N2O2S. The number of rotatable bonds is 4. The Bertz CT molecular complexity index is 964. The van der Waals surface area contributed by atoms with E-state index in [9.17, 15) is 9.59 Å². The second-order valence-electron chi connectivity index (χ2n) is 7.42. The van der Waals surface area contributed by atoms with Gasteiger partial charge in [-0.05, 0) is 50.6 Å². The maximum atomic E-state index is 13.1. The van der Waals surface area contributed by atoms with E-state index in [0.29, 0.717) is 5.56 Å². The van der Waals surface area contributed by atoms with Gasteiger partial charge in [0.25, 0.3) is 0 Å². The Morgan fingerprint density at radius 1 is 1.07 bits per heavy atom. The van der Waals surface area contributed by atoms with Gasteiger partial charge in [0, 0.05) is 34.7 Å². The molecule has 1 saturated heterocycles. The van der Waals surface area contributed by atoms with E-state index in [0.717, 1.165) is 28.6 Å². The second-order valence-corrected chi connectivity index (χ2v) is 8.37. The number of hydrogen-bond donors (Lipinski definition) is 0. The Labute approximate surface area is 163 Å². The van der Waals surface area contributed by atoms with E-state index in [-0.39, 0.29) is 30.3 Å². The molecule has 0 N–H and O–H groups in total. The van der Waals surface area contributed by atoms with Crippen LogP contribution in [0, 0.1) is 0 Å². The van der Waals surface area contributed by atoms with Gasteiger partial charge >= 0.3 is 0 Å². The Kier molecular flexibility index (Phi) is 4.87. The number of benzene rings is 1. The largest absolute Gasteiger partial charge is 0.337 e. The van der Waals surface area contributed by atoms with Crippen LogP contribution < -0.4 is 0 Å². The van der Waals surface area contributed by atoms with Crippen molar-refractivity contribution in [2.24, 2.45) is 0 Å². The standard InChI is InChI=1S/C22H24N2O2S/c1-15-7-5-8-16(2)24(15)21(25)14-23-13-18(17-9-3-4-10-19(17)23)22(26)20-11-6-12-27-20/h3-4,6,9-13,15-16H,5,7-8,14H2,1-2H3/t15-,16+. The molecule has 27 heavy (non-hydrogen) atoms. The predicted molar refractivity (Wildman–Crippen MR) is 109 cm³/mol. The molecule has 4 rings (SSSR count). The highest BCUT2D eigenvalue weighted by Gasteiger charge is 2.29. The summed E-state index contributed by atoms with van der Waals surface area (Å²) < 4.78 is 1.94. The van der Waals surface area contributed by atoms with E-state index in [2.05, 4.69) is 13.8 Å². The fraction of sp³-hybridized carbons (Fsp3) is 0.364. The molecule has 1 fully saturated rings. The summed E-state index contributed by atoms with van der Waals surface area (Å²) in [7, 11) is 0. The van der Waals surface area contributed by atoms with Crippen LogP contribution in [-0.2, 0) is 11.3 Å². The van der Waals surface area contributed by atoms with Crippen molar-refractivity contribution in [1.29, 1.82) is 0 Å². The van der Waals surface area contributed by atoms with Crippen LogP contribution in [-0.4, -0.2) is 33.2 Å². The molecule has 3 heterocycles. The van der Waals surface area contributed by atoms with Crippen molar-refractivity contribution in [3.05, 3.63) is 58.4 Å². The van der Waals surface area contributed by atoms with Crippen molar-refractivity contribution in [2.75, 3.05) is 0 Å². The van der Waals surface area contributed by atoms with Gasteiger partial charge in [0.2, 0.25) is 11.7 Å². The Morgan fingerprint density at radius 2 is 1.81 bits per heavy atom. The first kappa shape index (κ1) is 18.0. The number of nitrogens with zero attached hydrogens (tertiary/aromatic N) is 2. The normalized spacial score (nSPS) is 20.1. The number of aromatic nitrogens is 1. The minimum Gasteiger partial charge on any atom is -0.337 e. The molecule has 140 valence electrons. The third-order valence-electron chi connectivity index (χ3n) is 5.57. The van der Waals surface area contributed by atoms with E-state index in [4.69, 9.17) is 0 Å². The highest BCUT2D eigenvalue weighted by atomic mass is 32.1. The number of carbonyl (C=O) groups excluding carboxylic acids is 2. The molecule has 1 aliphatic heterocycles. The zero-order valence-corrected chi connectivity index (χ0v) is 16.5. The van der Waals surface area contributed by atoms with Gasteiger partial charge in [-0.1, -0.05) is 24.3 Å². The molecule has 0 radical (unpaired) electrons. The molecule has 0 saturated carbocycles. The summed E-state index contributed by atoms with van der Waals surface area (Å²) in [6.07, 6.45) is 5.15. The van der Waals surface area contributed by atoms with Crippen LogP contribution in [0.2, 0.25) is 0 Å². The lowest BCUT2D eigenvalue weighted by Gasteiger charge is -2.39. The van der Waals surface area contributed by atoms with Gasteiger partial charge in [-0.25, -0.2) is 0 Å². The number of amides is 1. The molecule has 0 unspecified atom stereocenters. The average molecular weight is 381 g/mol. The van der Waals surface area contributed by atoms with Crippen molar-refractivity contribution in [2.45, 2.75) is 51.7 Å². The van der Waals surface area contributed by atoms with Crippen LogP contribution >= 0.6 is 11.3 Å². The topological polar surface area (TPSA) is 42.3 Å². The summed E-state index contributed by atoms with van der Waals surface area (Å²) in [6.45, 7) is 4.53. The van der Waals surface area contributed by atoms with Crippen LogP contribution in [0.5, 0.6) is 0 Å². The molecule has 1 amide bonds. The fourth-order valence-electron chi connectivity index (χ4n) is 4.24. The summed E-state index contributed by atoms with van der Waals surface area (Å²) >= 11 is 1.45. The van der Waals surface area contributed by atoms with E-state index < -0.39 is 0 Å². The van der Waals surface area contributed by atoms with Gasteiger partial charge in [-0.15, -0.1) is 11.3 Å². The van der Waals surface area contributed by atoms with E-state index in [1.807, 2.05) is 57.4 Å². The number of likely N-dealkylation sites (tertiary alicyclic amines) is 1. The summed E-state index contributed by atoms with van der Waals surface area (Å²) in [5, 5.41) is 2.82. The zero-order chi connectivity index (χ0) is 19.0. The smallest absolute Gasteiger partial charge is 0.242 e. The number of ketones is 1. The summed E-state index contributed by atoms with van der Waals surface area (Å²) in [5.74, 6) is 0.151. The molecule has 3 aromatic rings. The number of piperidine rings is 1. The van der Waals surface area contributed by atoms with Gasteiger partial charge in [0.1, 0.15) is 6.54 Å². The number of carbonyl (C=O) groups is 2. The third-order valence-corrected chi connectivity index (χ3v) is 6.43. The molecule has 5 heteroatoms. The third kappa shape index (κ3) is 3.32. The molecule has 4 nitrogen and oxygen atoms in total. The van der Waals surface area contributed by atoms with E-state index >= 15 is 0 Å². The molecule has 0 spiro atoms. The molecule has 0 aliphatic carbocycles. The van der Waals surface area contributed by atoms with Gasteiger partial charge in [0.15, 0.2) is 0 Å². The van der Waals surface area contributed by atoms with Crippen LogP contribution in [0.4, 0.5) is 0 Å². The maximum absolute atomic E-state index is 13.1. The summed E-state index contributed by atoms with van der Waals surface area (Å²) in [4.78, 5) is 28.7. The number of para-hydroxylation sites is 1. The quantitative estimate of drug-likeness (QED) is 0.615. The lowest BCUT2D eigenvalue weighted by molar-refractivity contribution is -0.137. The zero-order valence-electron chi connectivity index (χ0n) is 15.7. The van der Waals surface area contributed by atoms with Crippen molar-refractivity contribution in [3.63, 3.8) is 0 Å². The van der Waals surface area contributed by atoms with Gasteiger partial charge < -0.3 is 9.47 Å². The van der Waals surface area contributed by atoms with Gasteiger partial charge in [0.05, 0.1) is 4.88 Å². The Hall–Kier alpha value is -2.40. The molecular weight excluding hydrogens is 356 g/mol. The maximum Gasteiger partial charge on any atom is 0.242 e. The van der Waals surface area contributed by atoms with Crippen LogP contribution in [0.1, 0.15) is 48.3 Å². The Morgan fingerprint density at radius 3 is 2.52 bits per heavy atom. The predicted octanol–water partition coefficient (Wildman–Crippen LogP) is 4.72. The first-order chi connectivity index (χ1) is 13.1. The number of fused-ring (bicyclic) bond motifs is 1. The molecule has 1 aromatic carbocycles. The molecule has 2 atom stereocenters. The first-order valence-electron chi connectivity index (χ1n) is 9.53.